The summed E-state index contributed by atoms with van der Waals surface area (Å²) in [4.78, 5) is 0. The van der Waals surface area contributed by atoms with Crippen molar-refractivity contribution in [3.8, 4) is 0 Å². The van der Waals surface area contributed by atoms with Gasteiger partial charge in [0.1, 0.15) is 18.9 Å². The molecule has 1 aromatic rings. The molecular formula is C7H11N4+. The summed E-state index contributed by atoms with van der Waals surface area (Å²) in [5.41, 5.74) is 7.43. The van der Waals surface area contributed by atoms with Crippen LogP contribution in [0.3, 0.4) is 0 Å². The van der Waals surface area contributed by atoms with Crippen molar-refractivity contribution in [2.24, 2.45) is 5.84 Å². The van der Waals surface area contributed by atoms with Crippen LogP contribution in [-0.2, 0) is 0 Å². The van der Waals surface area contributed by atoms with Crippen LogP contribution in [0.2, 0.25) is 0 Å². The van der Waals surface area contributed by atoms with Gasteiger partial charge in [-0.25, -0.2) is 0 Å². The number of nitrogen functional groups attached to an aromatic ring is 1. The molecule has 1 aliphatic rings. The van der Waals surface area contributed by atoms with E-state index >= 15 is 0 Å². The molecule has 1 atom stereocenters. The molecule has 58 valence electrons. The second-order valence-electron chi connectivity index (χ2n) is 2.91. The maximum absolute atomic E-state index is 5.86. The first-order chi connectivity index (χ1) is 5.11. The normalized spacial score (nSPS) is 27.5. The first-order valence-electron chi connectivity index (χ1n) is 3.43. The number of aromatic nitrogens is 1. The van der Waals surface area contributed by atoms with Gasteiger partial charge in [0.15, 0.2) is 0 Å². The Hall–Kier alpha value is -1.26. The Bertz CT molecular complexity index is 321. The second kappa shape index (κ2) is 1.66. The summed E-state index contributed by atoms with van der Waals surface area (Å²) < 4.78 is 2.13. The minimum absolute atomic E-state index is 0.229. The van der Waals surface area contributed by atoms with Gasteiger partial charge in [-0.05, 0) is 6.07 Å². The minimum Gasteiger partial charge on any atom is -0.397 e. The molecule has 0 aliphatic carbocycles. The summed E-state index contributed by atoms with van der Waals surface area (Å²) in [6.45, 7) is 0. The van der Waals surface area contributed by atoms with Gasteiger partial charge in [0, 0.05) is 6.08 Å². The summed E-state index contributed by atoms with van der Waals surface area (Å²) in [7, 11) is 1.88. The highest BCUT2D eigenvalue weighted by Gasteiger charge is 2.25. The summed E-state index contributed by atoms with van der Waals surface area (Å²) in [5.74, 6) is 5.86. The molecule has 0 aromatic carbocycles. The minimum atomic E-state index is 0.229. The van der Waals surface area contributed by atoms with E-state index in [4.69, 9.17) is 11.6 Å². The third kappa shape index (κ3) is 0.704. The molecule has 1 unspecified atom stereocenters. The lowest BCUT2D eigenvalue weighted by Gasteiger charge is -2.20. The lowest BCUT2D eigenvalue weighted by atomic mass is 10.4. The number of nitrogens with zero attached hydrogens (tertiary/aromatic N) is 2. The van der Waals surface area contributed by atoms with Crippen molar-refractivity contribution >= 4 is 11.8 Å². The van der Waals surface area contributed by atoms with Gasteiger partial charge in [-0.15, -0.1) is 4.70 Å². The van der Waals surface area contributed by atoms with E-state index in [0.717, 1.165) is 11.4 Å². The Morgan fingerprint density at radius 3 is 2.91 bits per heavy atom. The predicted molar refractivity (Wildman–Crippen MR) is 45.5 cm³/mol. The van der Waals surface area contributed by atoms with Crippen LogP contribution in [0.4, 0.5) is 5.69 Å². The van der Waals surface area contributed by atoms with E-state index in [0.29, 0.717) is 0 Å². The molecule has 11 heavy (non-hydrogen) atoms. The van der Waals surface area contributed by atoms with Crippen molar-refractivity contribution in [3.05, 3.63) is 24.2 Å². The fourth-order valence-electron chi connectivity index (χ4n) is 1.29. The molecule has 4 nitrogen and oxygen atoms in total. The van der Waals surface area contributed by atoms with Crippen molar-refractivity contribution in [3.63, 3.8) is 0 Å². The van der Waals surface area contributed by atoms with E-state index in [-0.39, 0.29) is 4.70 Å². The fraction of sp³-hybridized carbons (Fsp3) is 0.143. The quantitative estimate of drug-likeness (QED) is 0.405. The number of rotatable bonds is 0. The number of anilines is 1. The highest BCUT2D eigenvalue weighted by atomic mass is 15.8. The zero-order valence-corrected chi connectivity index (χ0v) is 6.36. The molecule has 0 spiro atoms. The largest absolute Gasteiger partial charge is 0.397 e. The van der Waals surface area contributed by atoms with Crippen LogP contribution in [-0.4, -0.2) is 11.7 Å². The number of hydrogen-bond donors (Lipinski definition) is 2. The molecule has 4 heteroatoms. The molecule has 1 aliphatic heterocycles. The average molecular weight is 151 g/mol. The summed E-state index contributed by atoms with van der Waals surface area (Å²) in [6, 6.07) is 1.85. The number of hydrogen-bond acceptors (Lipinski definition) is 2. The van der Waals surface area contributed by atoms with Crippen LogP contribution in [0.5, 0.6) is 0 Å². The van der Waals surface area contributed by atoms with Crippen molar-refractivity contribution in [2.75, 3.05) is 12.8 Å². The van der Waals surface area contributed by atoms with Crippen molar-refractivity contribution < 1.29 is 0 Å². The monoisotopic (exact) mass is 151 g/mol. The van der Waals surface area contributed by atoms with Crippen LogP contribution in [0.1, 0.15) is 5.69 Å². The Kier molecular flexibility index (Phi) is 0.976. The van der Waals surface area contributed by atoms with E-state index in [1.807, 2.05) is 36.3 Å². The maximum Gasteiger partial charge on any atom is 0.143 e. The Labute approximate surface area is 64.8 Å². The molecular weight excluding hydrogens is 140 g/mol. The van der Waals surface area contributed by atoms with Crippen LogP contribution in [0.15, 0.2) is 18.5 Å². The van der Waals surface area contributed by atoms with E-state index in [9.17, 15) is 0 Å². The van der Waals surface area contributed by atoms with Gasteiger partial charge in [-0.1, -0.05) is 0 Å². The highest BCUT2D eigenvalue weighted by Crippen LogP contribution is 2.22. The SMILES string of the molecule is C[N+]1(N)C=Cc2c(N)ccn21. The molecule has 0 radical (unpaired) electrons. The van der Waals surface area contributed by atoms with Crippen molar-refractivity contribution in [1.29, 1.82) is 0 Å². The van der Waals surface area contributed by atoms with Gasteiger partial charge in [0.05, 0.1) is 11.9 Å². The Balaban J connectivity index is 2.65. The summed E-state index contributed by atoms with van der Waals surface area (Å²) >= 11 is 0. The Morgan fingerprint density at radius 2 is 2.27 bits per heavy atom. The first-order valence-corrected chi connectivity index (χ1v) is 3.43. The second-order valence-corrected chi connectivity index (χ2v) is 2.91. The molecule has 2 rings (SSSR count). The van der Waals surface area contributed by atoms with Gasteiger partial charge in [0.2, 0.25) is 0 Å². The first kappa shape index (κ1) is 6.45. The standard InChI is InChI=1S/C7H11N4/c1-11(9)5-3-7-6(8)2-4-10(7)11/h2-5H,8-9H2,1H3/q+1. The molecule has 0 amide bonds. The maximum atomic E-state index is 5.86. The lowest BCUT2D eigenvalue weighted by molar-refractivity contribution is 0.260. The highest BCUT2D eigenvalue weighted by molar-refractivity contribution is 5.64. The number of nitrogens with two attached hydrogens (primary N) is 2. The molecule has 0 saturated heterocycles. The summed E-state index contributed by atoms with van der Waals surface area (Å²) in [6.07, 6.45) is 5.69. The Morgan fingerprint density at radius 1 is 1.55 bits per heavy atom. The van der Waals surface area contributed by atoms with Crippen LogP contribution in [0.25, 0.3) is 6.08 Å². The predicted octanol–water partition coefficient (Wildman–Crippen LogP) is -0.00300. The zero-order chi connectivity index (χ0) is 8.06. The van der Waals surface area contributed by atoms with Gasteiger partial charge < -0.3 is 5.73 Å². The van der Waals surface area contributed by atoms with Crippen LogP contribution >= 0.6 is 0 Å². The lowest BCUT2D eigenvalue weighted by Crippen LogP contribution is -2.54. The van der Waals surface area contributed by atoms with E-state index < -0.39 is 0 Å². The molecule has 4 N–H and O–H groups in total. The number of quaternary nitrogens is 1. The summed E-state index contributed by atoms with van der Waals surface area (Å²) in [5, 5.41) is 0. The van der Waals surface area contributed by atoms with Crippen molar-refractivity contribution in [2.45, 2.75) is 0 Å². The van der Waals surface area contributed by atoms with Crippen molar-refractivity contribution in [1.82, 2.24) is 9.38 Å². The average Bonchev–Trinajstić information content (AvgIpc) is 2.39. The van der Waals surface area contributed by atoms with E-state index in [1.54, 1.807) is 0 Å². The topological polar surface area (TPSA) is 57.0 Å². The zero-order valence-electron chi connectivity index (χ0n) is 6.36. The third-order valence-corrected chi connectivity index (χ3v) is 1.94. The number of fused-ring (bicyclic) bond motifs is 1. The molecule has 0 bridgehead atoms. The van der Waals surface area contributed by atoms with Gasteiger partial charge in [-0.3, -0.25) is 0 Å². The smallest absolute Gasteiger partial charge is 0.143 e. The molecule has 0 fully saturated rings. The molecule has 2 heterocycles. The fourth-order valence-corrected chi connectivity index (χ4v) is 1.29. The van der Waals surface area contributed by atoms with E-state index in [2.05, 4.69) is 0 Å². The molecule has 1 aromatic heterocycles. The third-order valence-electron chi connectivity index (χ3n) is 1.94. The van der Waals surface area contributed by atoms with Gasteiger partial charge in [0.25, 0.3) is 0 Å². The molecule has 0 saturated carbocycles. The van der Waals surface area contributed by atoms with Crippen LogP contribution in [0, 0.1) is 0 Å². The van der Waals surface area contributed by atoms with Gasteiger partial charge in [-0.2, -0.15) is 10.5 Å². The van der Waals surface area contributed by atoms with Crippen LogP contribution < -0.4 is 16.3 Å². The van der Waals surface area contributed by atoms with Gasteiger partial charge >= 0.3 is 0 Å². The van der Waals surface area contributed by atoms with E-state index in [1.165, 1.54) is 0 Å².